The summed E-state index contributed by atoms with van der Waals surface area (Å²) < 4.78 is 23.3. The summed E-state index contributed by atoms with van der Waals surface area (Å²) in [5.41, 5.74) is -0.574. The monoisotopic (exact) mass is 327 g/mol. The molecule has 22 heavy (non-hydrogen) atoms. The lowest BCUT2D eigenvalue weighted by Gasteiger charge is -2.18. The van der Waals surface area contributed by atoms with Gasteiger partial charge < -0.3 is 10.4 Å². The van der Waals surface area contributed by atoms with Crippen LogP contribution in [0.15, 0.2) is 29.2 Å². The minimum Gasteiger partial charge on any atom is -0.481 e. The lowest BCUT2D eigenvalue weighted by atomic mass is 9.90. The molecule has 6 nitrogen and oxygen atoms in total. The third-order valence-electron chi connectivity index (χ3n) is 3.47. The predicted molar refractivity (Wildman–Crippen MR) is 82.5 cm³/mol. The van der Waals surface area contributed by atoms with E-state index in [4.69, 9.17) is 5.11 Å². The third kappa shape index (κ3) is 4.56. The fourth-order valence-electron chi connectivity index (χ4n) is 1.68. The van der Waals surface area contributed by atoms with Crippen LogP contribution in [-0.2, 0) is 14.6 Å². The number of carbonyl (C=O) groups excluding carboxylic acids is 1. The molecule has 0 aliphatic rings. The van der Waals surface area contributed by atoms with Crippen LogP contribution in [0, 0.1) is 5.41 Å². The molecule has 1 rings (SSSR count). The van der Waals surface area contributed by atoms with Gasteiger partial charge in [0.05, 0.1) is 16.1 Å². The van der Waals surface area contributed by atoms with Gasteiger partial charge in [0, 0.05) is 12.1 Å². The zero-order valence-electron chi connectivity index (χ0n) is 12.9. The SMILES string of the molecule is CCS(=O)(=O)c1ccc(C(=O)NCCC(C)(C)C(=O)O)cc1. The summed E-state index contributed by atoms with van der Waals surface area (Å²) in [6, 6.07) is 5.68. The Morgan fingerprint density at radius 2 is 1.73 bits per heavy atom. The molecule has 1 aromatic carbocycles. The van der Waals surface area contributed by atoms with Crippen molar-refractivity contribution in [2.24, 2.45) is 5.41 Å². The van der Waals surface area contributed by atoms with Crippen LogP contribution < -0.4 is 5.32 Å². The number of amides is 1. The van der Waals surface area contributed by atoms with E-state index in [1.807, 2.05) is 0 Å². The van der Waals surface area contributed by atoms with Gasteiger partial charge in [-0.05, 0) is 44.5 Å². The Morgan fingerprint density at radius 1 is 1.18 bits per heavy atom. The Kier molecular flexibility index (Phi) is 5.71. The first-order valence-corrected chi connectivity index (χ1v) is 8.60. The molecule has 0 fully saturated rings. The molecule has 0 heterocycles. The van der Waals surface area contributed by atoms with Crippen LogP contribution in [-0.4, -0.2) is 37.7 Å². The highest BCUT2D eigenvalue weighted by atomic mass is 32.2. The summed E-state index contributed by atoms with van der Waals surface area (Å²) in [5.74, 6) is -1.28. The maximum atomic E-state index is 11.9. The molecule has 0 unspecified atom stereocenters. The number of carboxylic acid groups (broad SMARTS) is 1. The van der Waals surface area contributed by atoms with Crippen LogP contribution in [0.3, 0.4) is 0 Å². The van der Waals surface area contributed by atoms with Crippen LogP contribution in [0.5, 0.6) is 0 Å². The van der Waals surface area contributed by atoms with Gasteiger partial charge in [-0.3, -0.25) is 9.59 Å². The Morgan fingerprint density at radius 3 is 2.18 bits per heavy atom. The third-order valence-corrected chi connectivity index (χ3v) is 5.22. The fraction of sp³-hybridized carbons (Fsp3) is 0.467. The number of rotatable bonds is 7. The Balaban J connectivity index is 2.66. The zero-order chi connectivity index (χ0) is 17.0. The minimum absolute atomic E-state index is 0.00279. The van der Waals surface area contributed by atoms with Crippen molar-refractivity contribution < 1.29 is 23.1 Å². The first kappa shape index (κ1) is 18.2. The molecule has 0 aliphatic heterocycles. The quantitative estimate of drug-likeness (QED) is 0.794. The van der Waals surface area contributed by atoms with E-state index >= 15 is 0 Å². The highest BCUT2D eigenvalue weighted by Crippen LogP contribution is 2.19. The largest absolute Gasteiger partial charge is 0.481 e. The van der Waals surface area contributed by atoms with Gasteiger partial charge in [0.2, 0.25) is 0 Å². The molecule has 0 radical (unpaired) electrons. The second kappa shape index (κ2) is 6.91. The molecule has 0 atom stereocenters. The van der Waals surface area contributed by atoms with E-state index in [9.17, 15) is 18.0 Å². The Bertz CT molecular complexity index is 647. The highest BCUT2D eigenvalue weighted by Gasteiger charge is 2.26. The predicted octanol–water partition coefficient (Wildman–Crippen LogP) is 1.71. The number of carbonyl (C=O) groups is 2. The number of carboxylic acids is 1. The molecule has 0 aromatic heterocycles. The van der Waals surface area contributed by atoms with E-state index in [1.54, 1.807) is 20.8 Å². The summed E-state index contributed by atoms with van der Waals surface area (Å²) in [6.45, 7) is 4.96. The molecule has 1 aromatic rings. The number of nitrogens with one attached hydrogen (secondary N) is 1. The van der Waals surface area contributed by atoms with E-state index in [0.717, 1.165) is 0 Å². The van der Waals surface area contributed by atoms with E-state index in [1.165, 1.54) is 24.3 Å². The molecular weight excluding hydrogens is 306 g/mol. The first-order chi connectivity index (χ1) is 10.1. The molecule has 0 bridgehead atoms. The standard InChI is InChI=1S/C15H21NO5S/c1-4-22(20,21)12-7-5-11(6-8-12)13(17)16-10-9-15(2,3)14(18)19/h5-8H,4,9-10H2,1-3H3,(H,16,17)(H,18,19). The molecule has 0 saturated heterocycles. The van der Waals surface area contributed by atoms with E-state index in [-0.39, 0.29) is 23.1 Å². The van der Waals surface area contributed by atoms with Gasteiger partial charge in [0.15, 0.2) is 9.84 Å². The number of benzene rings is 1. The normalized spacial score (nSPS) is 12.0. The molecule has 0 spiro atoms. The lowest BCUT2D eigenvalue weighted by molar-refractivity contribution is -0.147. The smallest absolute Gasteiger partial charge is 0.309 e. The first-order valence-electron chi connectivity index (χ1n) is 6.94. The van der Waals surface area contributed by atoms with Crippen molar-refractivity contribution in [3.8, 4) is 0 Å². The molecular formula is C15H21NO5S. The summed E-state index contributed by atoms with van der Waals surface area (Å²) in [5, 5.41) is 11.6. The average Bonchev–Trinajstić information content (AvgIpc) is 2.47. The number of hydrogen-bond acceptors (Lipinski definition) is 4. The van der Waals surface area contributed by atoms with Gasteiger partial charge in [-0.1, -0.05) is 6.92 Å². The van der Waals surface area contributed by atoms with Crippen molar-refractivity contribution in [2.75, 3.05) is 12.3 Å². The van der Waals surface area contributed by atoms with E-state index in [0.29, 0.717) is 12.0 Å². The molecule has 7 heteroatoms. The van der Waals surface area contributed by atoms with Gasteiger partial charge in [0.1, 0.15) is 0 Å². The zero-order valence-corrected chi connectivity index (χ0v) is 13.7. The summed E-state index contributed by atoms with van der Waals surface area (Å²) in [6.07, 6.45) is 0.302. The highest BCUT2D eigenvalue weighted by molar-refractivity contribution is 7.91. The van der Waals surface area contributed by atoms with E-state index in [2.05, 4.69) is 5.32 Å². The van der Waals surface area contributed by atoms with Crippen molar-refractivity contribution in [1.82, 2.24) is 5.32 Å². The van der Waals surface area contributed by atoms with Crippen LogP contribution in [0.1, 0.15) is 37.6 Å². The molecule has 122 valence electrons. The van der Waals surface area contributed by atoms with Gasteiger partial charge in [-0.2, -0.15) is 0 Å². The average molecular weight is 327 g/mol. The molecule has 0 saturated carbocycles. The van der Waals surface area contributed by atoms with Crippen molar-refractivity contribution >= 4 is 21.7 Å². The maximum Gasteiger partial charge on any atom is 0.309 e. The molecule has 2 N–H and O–H groups in total. The number of hydrogen-bond donors (Lipinski definition) is 2. The Labute approximate surface area is 130 Å². The van der Waals surface area contributed by atoms with Crippen molar-refractivity contribution in [3.63, 3.8) is 0 Å². The summed E-state index contributed by atoms with van der Waals surface area (Å²) >= 11 is 0. The number of aliphatic carboxylic acids is 1. The Hall–Kier alpha value is -1.89. The van der Waals surface area contributed by atoms with Gasteiger partial charge in [0.25, 0.3) is 5.91 Å². The lowest BCUT2D eigenvalue weighted by Crippen LogP contribution is -2.31. The number of sulfone groups is 1. The topological polar surface area (TPSA) is 101 Å². The fourth-order valence-corrected chi connectivity index (χ4v) is 2.56. The van der Waals surface area contributed by atoms with Crippen molar-refractivity contribution in [3.05, 3.63) is 29.8 Å². The van der Waals surface area contributed by atoms with Crippen LogP contribution in [0.4, 0.5) is 0 Å². The second-order valence-electron chi connectivity index (χ2n) is 5.62. The van der Waals surface area contributed by atoms with Gasteiger partial charge >= 0.3 is 5.97 Å². The van der Waals surface area contributed by atoms with Crippen molar-refractivity contribution in [2.45, 2.75) is 32.1 Å². The minimum atomic E-state index is -3.28. The van der Waals surface area contributed by atoms with Crippen LogP contribution >= 0.6 is 0 Å². The van der Waals surface area contributed by atoms with Gasteiger partial charge in [-0.15, -0.1) is 0 Å². The van der Waals surface area contributed by atoms with Crippen molar-refractivity contribution in [1.29, 1.82) is 0 Å². The van der Waals surface area contributed by atoms with E-state index < -0.39 is 21.2 Å². The summed E-state index contributed by atoms with van der Waals surface area (Å²) in [7, 11) is -3.28. The second-order valence-corrected chi connectivity index (χ2v) is 7.90. The molecule has 1 amide bonds. The van der Waals surface area contributed by atoms with Gasteiger partial charge in [-0.25, -0.2) is 8.42 Å². The van der Waals surface area contributed by atoms with Crippen LogP contribution in [0.25, 0.3) is 0 Å². The molecule has 0 aliphatic carbocycles. The maximum absolute atomic E-state index is 11.9. The van der Waals surface area contributed by atoms with Crippen LogP contribution in [0.2, 0.25) is 0 Å². The summed E-state index contributed by atoms with van der Waals surface area (Å²) in [4.78, 5) is 23.1.